The average molecular weight is 381 g/mol. The van der Waals surface area contributed by atoms with Gasteiger partial charge in [0, 0.05) is 12.6 Å². The van der Waals surface area contributed by atoms with Crippen LogP contribution < -0.4 is 11.4 Å². The van der Waals surface area contributed by atoms with Crippen molar-refractivity contribution in [2.45, 2.75) is 31.0 Å². The summed E-state index contributed by atoms with van der Waals surface area (Å²) in [5.41, 5.74) is 4.74. The van der Waals surface area contributed by atoms with Crippen LogP contribution in [0.2, 0.25) is 0 Å². The van der Waals surface area contributed by atoms with Gasteiger partial charge in [0.1, 0.15) is 24.3 Å². The fourth-order valence-corrected chi connectivity index (χ4v) is 2.89. The van der Waals surface area contributed by atoms with Crippen LogP contribution in [-0.4, -0.2) is 67.9 Å². The summed E-state index contributed by atoms with van der Waals surface area (Å²) < 4.78 is 27.4. The molecule has 25 heavy (non-hydrogen) atoms. The molecule has 1 aliphatic rings. The third kappa shape index (κ3) is 5.56. The van der Waals surface area contributed by atoms with Gasteiger partial charge in [-0.05, 0) is 6.07 Å². The fourth-order valence-electron chi connectivity index (χ4n) is 2.12. The van der Waals surface area contributed by atoms with Crippen molar-refractivity contribution in [1.82, 2.24) is 9.55 Å². The first-order valence-corrected chi connectivity index (χ1v) is 8.80. The lowest BCUT2D eigenvalue weighted by Crippen LogP contribution is -2.28. The average Bonchev–Trinajstić information content (AvgIpc) is 2.91. The summed E-state index contributed by atoms with van der Waals surface area (Å²) in [6, 6.07) is 1.39. The highest BCUT2D eigenvalue weighted by Gasteiger charge is 2.37. The molecule has 13 heteroatoms. The van der Waals surface area contributed by atoms with Gasteiger partial charge in [0.2, 0.25) is 0 Å². The van der Waals surface area contributed by atoms with E-state index in [2.05, 4.69) is 9.51 Å². The molecule has 6 N–H and O–H groups in total. The molecular weight excluding hydrogens is 361 g/mol. The van der Waals surface area contributed by atoms with Crippen molar-refractivity contribution in [2.75, 3.05) is 25.6 Å². The predicted molar refractivity (Wildman–Crippen MR) is 82.3 cm³/mol. The highest BCUT2D eigenvalue weighted by Crippen LogP contribution is 2.44. The normalized spacial score (nSPS) is 27.1. The fraction of sp³-hybridized carbons (Fsp3) is 0.667. The Balaban J connectivity index is 1.91. The Labute approximate surface area is 142 Å². The van der Waals surface area contributed by atoms with E-state index in [1.54, 1.807) is 0 Å². The Hall–Kier alpha value is -1.37. The number of rotatable bonds is 8. The SMILES string of the molecule is Nc1ccn([C@H]2C[C@H](O)[C@@H](COP(=O)(O)OC[C@H](O)CO)O2)c(=O)n1. The molecule has 0 saturated carbocycles. The van der Waals surface area contributed by atoms with Crippen molar-refractivity contribution < 1.29 is 38.6 Å². The molecule has 1 unspecified atom stereocenters. The van der Waals surface area contributed by atoms with Gasteiger partial charge in [0.25, 0.3) is 0 Å². The van der Waals surface area contributed by atoms with Gasteiger partial charge >= 0.3 is 13.5 Å². The maximum absolute atomic E-state index is 11.8. The predicted octanol–water partition coefficient (Wildman–Crippen LogP) is -2.04. The summed E-state index contributed by atoms with van der Waals surface area (Å²) in [7, 11) is -4.51. The van der Waals surface area contributed by atoms with Crippen molar-refractivity contribution in [2.24, 2.45) is 0 Å². The second-order valence-corrected chi connectivity index (χ2v) is 6.82. The van der Waals surface area contributed by atoms with E-state index in [-0.39, 0.29) is 12.2 Å². The molecule has 0 aromatic carbocycles. The van der Waals surface area contributed by atoms with Gasteiger partial charge in [-0.25, -0.2) is 9.36 Å². The van der Waals surface area contributed by atoms with Crippen LogP contribution in [0.1, 0.15) is 12.6 Å². The molecule has 12 nitrogen and oxygen atoms in total. The van der Waals surface area contributed by atoms with Gasteiger partial charge in [-0.2, -0.15) is 4.98 Å². The molecule has 0 radical (unpaired) electrons. The van der Waals surface area contributed by atoms with E-state index < -0.39 is 57.9 Å². The lowest BCUT2D eigenvalue weighted by Gasteiger charge is -2.18. The molecule has 2 rings (SSSR count). The van der Waals surface area contributed by atoms with Crippen LogP contribution in [0, 0.1) is 0 Å². The van der Waals surface area contributed by atoms with E-state index in [0.717, 1.165) is 4.57 Å². The Kier molecular flexibility index (Phi) is 6.65. The third-order valence-corrected chi connectivity index (χ3v) is 4.36. The molecule has 1 saturated heterocycles. The lowest BCUT2D eigenvalue weighted by atomic mass is 10.2. The van der Waals surface area contributed by atoms with Crippen molar-refractivity contribution in [3.8, 4) is 0 Å². The maximum Gasteiger partial charge on any atom is 0.472 e. The van der Waals surface area contributed by atoms with E-state index in [9.17, 15) is 19.4 Å². The van der Waals surface area contributed by atoms with E-state index >= 15 is 0 Å². The van der Waals surface area contributed by atoms with Crippen LogP contribution >= 0.6 is 7.82 Å². The Bertz CT molecular complexity index is 684. The molecule has 0 bridgehead atoms. The first-order chi connectivity index (χ1) is 11.7. The van der Waals surface area contributed by atoms with Gasteiger partial charge in [-0.15, -0.1) is 0 Å². The summed E-state index contributed by atoms with van der Waals surface area (Å²) in [5, 5.41) is 27.7. The zero-order chi connectivity index (χ0) is 18.6. The molecule has 1 fully saturated rings. The number of nitrogens with zero attached hydrogens (tertiary/aromatic N) is 2. The number of phosphoric acid groups is 1. The minimum Gasteiger partial charge on any atom is -0.394 e. The van der Waals surface area contributed by atoms with Crippen LogP contribution in [0.3, 0.4) is 0 Å². The summed E-state index contributed by atoms with van der Waals surface area (Å²) in [4.78, 5) is 24.8. The van der Waals surface area contributed by atoms with E-state index in [1.165, 1.54) is 12.3 Å². The lowest BCUT2D eigenvalue weighted by molar-refractivity contribution is -0.0482. The van der Waals surface area contributed by atoms with Gasteiger partial charge < -0.3 is 30.7 Å². The molecule has 5 atom stereocenters. The molecule has 0 aliphatic carbocycles. The summed E-state index contributed by atoms with van der Waals surface area (Å²) in [6.07, 6.45) is -2.80. The van der Waals surface area contributed by atoms with Gasteiger partial charge in [0.05, 0.1) is 25.9 Å². The Morgan fingerprint density at radius 1 is 1.52 bits per heavy atom. The van der Waals surface area contributed by atoms with E-state index in [0.29, 0.717) is 0 Å². The van der Waals surface area contributed by atoms with Crippen molar-refractivity contribution in [1.29, 1.82) is 0 Å². The van der Waals surface area contributed by atoms with Crippen LogP contribution in [0.25, 0.3) is 0 Å². The molecule has 0 spiro atoms. The summed E-state index contributed by atoms with van der Waals surface area (Å²) in [5.74, 6) is 0.0445. The molecule has 1 aliphatic heterocycles. The first kappa shape index (κ1) is 19.9. The maximum atomic E-state index is 11.8. The number of hydrogen-bond acceptors (Lipinski definition) is 10. The Morgan fingerprint density at radius 2 is 2.24 bits per heavy atom. The van der Waals surface area contributed by atoms with Crippen molar-refractivity contribution >= 4 is 13.6 Å². The number of phosphoric ester groups is 1. The van der Waals surface area contributed by atoms with E-state index in [4.69, 9.17) is 25.2 Å². The van der Waals surface area contributed by atoms with E-state index in [1.807, 2.05) is 0 Å². The largest absolute Gasteiger partial charge is 0.472 e. The number of nitrogen functional groups attached to an aromatic ring is 1. The number of aliphatic hydroxyl groups is 3. The first-order valence-electron chi connectivity index (χ1n) is 7.31. The van der Waals surface area contributed by atoms with Crippen molar-refractivity contribution in [3.63, 3.8) is 0 Å². The van der Waals surface area contributed by atoms with Crippen LogP contribution in [-0.2, 0) is 18.3 Å². The molecule has 142 valence electrons. The highest BCUT2D eigenvalue weighted by molar-refractivity contribution is 7.47. The number of anilines is 1. The van der Waals surface area contributed by atoms with Crippen LogP contribution in [0.5, 0.6) is 0 Å². The standard InChI is InChI=1S/C12H20N3O9P/c13-10-1-2-15(12(19)14-10)11-3-8(18)9(24-11)6-23-25(20,21)22-5-7(17)4-16/h1-2,7-9,11,16-18H,3-6H2,(H,20,21)(H2,13,14,19)/t7-,8+,9-,11-/m1/s1. The number of hydrogen-bond donors (Lipinski definition) is 5. The number of ether oxygens (including phenoxy) is 1. The van der Waals surface area contributed by atoms with Crippen LogP contribution in [0.4, 0.5) is 5.82 Å². The molecule has 1 aromatic rings. The Morgan fingerprint density at radius 3 is 2.88 bits per heavy atom. The zero-order valence-electron chi connectivity index (χ0n) is 13.0. The highest BCUT2D eigenvalue weighted by atomic mass is 31.2. The zero-order valence-corrected chi connectivity index (χ0v) is 13.9. The minimum absolute atomic E-state index is 0.0410. The monoisotopic (exact) mass is 381 g/mol. The van der Waals surface area contributed by atoms with Crippen molar-refractivity contribution in [3.05, 3.63) is 22.7 Å². The topological polar surface area (TPSA) is 187 Å². The quantitative estimate of drug-likeness (QED) is 0.312. The molecule has 0 amide bonds. The summed E-state index contributed by atoms with van der Waals surface area (Å²) in [6.45, 7) is -1.73. The third-order valence-electron chi connectivity index (χ3n) is 3.41. The van der Waals surface area contributed by atoms with Gasteiger partial charge in [-0.3, -0.25) is 13.6 Å². The number of nitrogens with two attached hydrogens (primary N) is 1. The number of aromatic nitrogens is 2. The molecule has 2 heterocycles. The molecular formula is C12H20N3O9P. The van der Waals surface area contributed by atoms with Gasteiger partial charge in [0.15, 0.2) is 0 Å². The molecule has 1 aromatic heterocycles. The second-order valence-electron chi connectivity index (χ2n) is 5.37. The minimum atomic E-state index is -4.51. The summed E-state index contributed by atoms with van der Waals surface area (Å²) >= 11 is 0. The van der Waals surface area contributed by atoms with Gasteiger partial charge in [-0.1, -0.05) is 0 Å². The van der Waals surface area contributed by atoms with Crippen LogP contribution in [0.15, 0.2) is 17.1 Å². The number of aliphatic hydroxyl groups excluding tert-OH is 3. The smallest absolute Gasteiger partial charge is 0.394 e. The second kappa shape index (κ2) is 8.34.